The first-order chi connectivity index (χ1) is 12.2. The number of aliphatic hydroxyl groups excluding tert-OH is 1. The number of nitrogens with one attached hydrogen (secondary N) is 2. The number of aliphatic hydroxyl groups is 1. The van der Waals surface area contributed by atoms with E-state index in [9.17, 15) is 9.90 Å². The maximum atomic E-state index is 12.3. The number of amides is 2. The molecule has 0 bridgehead atoms. The number of ether oxygens (including phenoxy) is 1. The molecule has 1 heterocycles. The molecule has 5 heteroatoms. The van der Waals surface area contributed by atoms with Crippen LogP contribution < -0.4 is 10.6 Å². The van der Waals surface area contributed by atoms with Crippen LogP contribution in [0.5, 0.6) is 0 Å². The third kappa shape index (κ3) is 4.95. The summed E-state index contributed by atoms with van der Waals surface area (Å²) in [5.41, 5.74) is 1.23. The highest BCUT2D eigenvalue weighted by molar-refractivity contribution is 5.74. The molecule has 2 amide bonds. The van der Waals surface area contributed by atoms with Crippen molar-refractivity contribution in [2.24, 2.45) is 5.92 Å². The normalized spacial score (nSPS) is 26.0. The van der Waals surface area contributed by atoms with Gasteiger partial charge in [0.25, 0.3) is 0 Å². The molecule has 0 radical (unpaired) electrons. The van der Waals surface area contributed by atoms with E-state index >= 15 is 0 Å². The first-order valence-corrected chi connectivity index (χ1v) is 9.51. The van der Waals surface area contributed by atoms with Gasteiger partial charge in [0.15, 0.2) is 0 Å². The second kappa shape index (κ2) is 8.68. The summed E-state index contributed by atoms with van der Waals surface area (Å²) < 4.78 is 5.54. The van der Waals surface area contributed by atoms with E-state index in [0.29, 0.717) is 19.0 Å². The first kappa shape index (κ1) is 18.2. The van der Waals surface area contributed by atoms with E-state index in [1.54, 1.807) is 0 Å². The summed E-state index contributed by atoms with van der Waals surface area (Å²) in [5, 5.41) is 15.8. The smallest absolute Gasteiger partial charge is 0.314 e. The Kier molecular flexibility index (Phi) is 6.32. The molecule has 1 aliphatic heterocycles. The zero-order valence-electron chi connectivity index (χ0n) is 14.9. The summed E-state index contributed by atoms with van der Waals surface area (Å²) in [5.74, 6) is 0.390. The Labute approximate surface area is 150 Å². The van der Waals surface area contributed by atoms with Crippen LogP contribution in [0, 0.1) is 5.92 Å². The lowest BCUT2D eigenvalue weighted by atomic mass is 9.74. The summed E-state index contributed by atoms with van der Waals surface area (Å²) >= 11 is 0. The van der Waals surface area contributed by atoms with Crippen molar-refractivity contribution in [3.8, 4) is 0 Å². The van der Waals surface area contributed by atoms with Gasteiger partial charge in [-0.05, 0) is 43.6 Å². The average Bonchev–Trinajstić information content (AvgIpc) is 2.66. The predicted octanol–water partition coefficient (Wildman–Crippen LogP) is 2.59. The van der Waals surface area contributed by atoms with Crippen LogP contribution in [0.3, 0.4) is 0 Å². The minimum atomic E-state index is -0.202. The molecule has 2 atom stereocenters. The van der Waals surface area contributed by atoms with Crippen molar-refractivity contribution >= 4 is 6.03 Å². The second-order valence-electron chi connectivity index (χ2n) is 7.51. The van der Waals surface area contributed by atoms with Gasteiger partial charge in [-0.15, -0.1) is 0 Å². The molecule has 1 aliphatic carbocycles. The second-order valence-corrected chi connectivity index (χ2v) is 7.51. The van der Waals surface area contributed by atoms with Gasteiger partial charge in [-0.3, -0.25) is 0 Å². The van der Waals surface area contributed by atoms with Gasteiger partial charge >= 0.3 is 6.03 Å². The average molecular weight is 346 g/mol. The van der Waals surface area contributed by atoms with E-state index in [1.165, 1.54) is 5.56 Å². The molecule has 1 aromatic carbocycles. The molecule has 3 rings (SSSR count). The van der Waals surface area contributed by atoms with Crippen LogP contribution in [0.1, 0.15) is 44.1 Å². The number of carbonyl (C=O) groups excluding carboxylic acids is 1. The predicted molar refractivity (Wildman–Crippen MR) is 97.5 cm³/mol. The maximum absolute atomic E-state index is 12.3. The van der Waals surface area contributed by atoms with Crippen molar-refractivity contribution in [2.45, 2.75) is 50.0 Å². The van der Waals surface area contributed by atoms with Crippen molar-refractivity contribution in [3.63, 3.8) is 0 Å². The topological polar surface area (TPSA) is 70.6 Å². The van der Waals surface area contributed by atoms with Crippen LogP contribution in [0.4, 0.5) is 4.79 Å². The highest BCUT2D eigenvalue weighted by Crippen LogP contribution is 2.34. The van der Waals surface area contributed by atoms with Gasteiger partial charge in [-0.2, -0.15) is 0 Å². The van der Waals surface area contributed by atoms with Crippen molar-refractivity contribution in [1.82, 2.24) is 10.6 Å². The SMILES string of the molecule is O=C(NCC1CCCC(O)C1)NCC1(c2ccccc2)CCOCC1. The van der Waals surface area contributed by atoms with E-state index < -0.39 is 0 Å². The van der Waals surface area contributed by atoms with Gasteiger partial charge in [0.1, 0.15) is 0 Å². The first-order valence-electron chi connectivity index (χ1n) is 9.51. The Morgan fingerprint density at radius 2 is 1.92 bits per heavy atom. The Morgan fingerprint density at radius 3 is 2.64 bits per heavy atom. The number of carbonyl (C=O) groups is 1. The van der Waals surface area contributed by atoms with Gasteiger partial charge in [-0.1, -0.05) is 36.8 Å². The van der Waals surface area contributed by atoms with Gasteiger partial charge < -0.3 is 20.5 Å². The molecule has 1 saturated heterocycles. The van der Waals surface area contributed by atoms with E-state index in [4.69, 9.17) is 4.74 Å². The van der Waals surface area contributed by atoms with E-state index in [-0.39, 0.29) is 17.6 Å². The van der Waals surface area contributed by atoms with Crippen LogP contribution in [0.15, 0.2) is 30.3 Å². The molecule has 2 aliphatic rings. The molecule has 138 valence electrons. The van der Waals surface area contributed by atoms with Crippen LogP contribution in [-0.4, -0.2) is 43.5 Å². The van der Waals surface area contributed by atoms with Gasteiger partial charge in [0.2, 0.25) is 0 Å². The van der Waals surface area contributed by atoms with Crippen LogP contribution in [0.25, 0.3) is 0 Å². The van der Waals surface area contributed by atoms with Gasteiger partial charge in [0.05, 0.1) is 6.10 Å². The van der Waals surface area contributed by atoms with Crippen molar-refractivity contribution in [3.05, 3.63) is 35.9 Å². The Morgan fingerprint density at radius 1 is 1.16 bits per heavy atom. The zero-order chi connectivity index (χ0) is 17.5. The highest BCUT2D eigenvalue weighted by Gasteiger charge is 2.34. The summed E-state index contributed by atoms with van der Waals surface area (Å²) in [6.07, 6.45) is 5.47. The lowest BCUT2D eigenvalue weighted by Crippen LogP contribution is -2.48. The van der Waals surface area contributed by atoms with Gasteiger partial charge in [0, 0.05) is 31.7 Å². The lowest BCUT2D eigenvalue weighted by molar-refractivity contribution is 0.0506. The molecular weight excluding hydrogens is 316 g/mol. The minimum Gasteiger partial charge on any atom is -0.393 e. The lowest BCUT2D eigenvalue weighted by Gasteiger charge is -2.38. The number of hydrogen-bond donors (Lipinski definition) is 3. The van der Waals surface area contributed by atoms with Crippen LogP contribution in [-0.2, 0) is 10.2 Å². The molecule has 1 aromatic rings. The molecule has 5 nitrogen and oxygen atoms in total. The third-order valence-electron chi connectivity index (χ3n) is 5.73. The molecule has 0 aromatic heterocycles. The minimum absolute atomic E-state index is 0.0438. The highest BCUT2D eigenvalue weighted by atomic mass is 16.5. The summed E-state index contributed by atoms with van der Waals surface area (Å²) in [4.78, 5) is 12.3. The number of rotatable bonds is 5. The largest absolute Gasteiger partial charge is 0.393 e. The third-order valence-corrected chi connectivity index (χ3v) is 5.73. The van der Waals surface area contributed by atoms with E-state index in [0.717, 1.165) is 51.7 Å². The fraction of sp³-hybridized carbons (Fsp3) is 0.650. The standard InChI is InChI=1S/C20H30N2O3/c23-18-8-4-5-16(13-18)14-21-19(24)22-15-20(9-11-25-12-10-20)17-6-2-1-3-7-17/h1-3,6-7,16,18,23H,4-5,8-15H2,(H2,21,22,24). The Balaban J connectivity index is 1.51. The van der Waals surface area contributed by atoms with Crippen molar-refractivity contribution < 1.29 is 14.6 Å². The molecule has 0 spiro atoms. The molecule has 2 fully saturated rings. The van der Waals surface area contributed by atoms with Crippen LogP contribution >= 0.6 is 0 Å². The summed E-state index contributed by atoms with van der Waals surface area (Å²) in [6, 6.07) is 10.3. The van der Waals surface area contributed by atoms with Crippen LogP contribution in [0.2, 0.25) is 0 Å². The molecule has 3 N–H and O–H groups in total. The number of urea groups is 1. The quantitative estimate of drug-likeness (QED) is 0.767. The molecular formula is C20H30N2O3. The fourth-order valence-electron chi connectivity index (χ4n) is 4.12. The summed E-state index contributed by atoms with van der Waals surface area (Å²) in [7, 11) is 0. The fourth-order valence-corrected chi connectivity index (χ4v) is 4.12. The van der Waals surface area contributed by atoms with E-state index in [1.807, 2.05) is 6.07 Å². The van der Waals surface area contributed by atoms with Crippen molar-refractivity contribution in [2.75, 3.05) is 26.3 Å². The number of benzene rings is 1. The molecule has 25 heavy (non-hydrogen) atoms. The monoisotopic (exact) mass is 346 g/mol. The van der Waals surface area contributed by atoms with Crippen molar-refractivity contribution in [1.29, 1.82) is 0 Å². The zero-order valence-corrected chi connectivity index (χ0v) is 14.9. The number of hydrogen-bond acceptors (Lipinski definition) is 3. The Hall–Kier alpha value is -1.59. The molecule has 1 saturated carbocycles. The van der Waals surface area contributed by atoms with E-state index in [2.05, 4.69) is 34.9 Å². The summed E-state index contributed by atoms with van der Waals surface area (Å²) in [6.45, 7) is 2.74. The Bertz CT molecular complexity index is 543. The van der Waals surface area contributed by atoms with Gasteiger partial charge in [-0.25, -0.2) is 4.79 Å². The molecule has 2 unspecified atom stereocenters. The maximum Gasteiger partial charge on any atom is 0.314 e.